The number of rotatable bonds is 9. The Labute approximate surface area is 228 Å². The quantitative estimate of drug-likeness (QED) is 0.429. The van der Waals surface area contributed by atoms with Crippen LogP contribution in [-0.4, -0.2) is 90.7 Å². The maximum Gasteiger partial charge on any atom is 0.433 e. The van der Waals surface area contributed by atoms with Crippen LogP contribution in [-0.2, 0) is 34.9 Å². The molecule has 0 radical (unpaired) electrons. The summed E-state index contributed by atoms with van der Waals surface area (Å²) >= 11 is 0. The third-order valence-corrected chi connectivity index (χ3v) is 7.74. The Balaban J connectivity index is 1.71. The van der Waals surface area contributed by atoms with Crippen molar-refractivity contribution >= 4 is 40.1 Å². The van der Waals surface area contributed by atoms with Gasteiger partial charge in [0.1, 0.15) is 17.7 Å². The van der Waals surface area contributed by atoms with Gasteiger partial charge in [0.25, 0.3) is 0 Å². The zero-order valence-corrected chi connectivity index (χ0v) is 23.2. The van der Waals surface area contributed by atoms with Gasteiger partial charge in [0, 0.05) is 31.8 Å². The molecule has 0 spiro atoms. The number of hydrogen-bond donors (Lipinski definition) is 2. The molecule has 12 nitrogen and oxygen atoms in total. The van der Waals surface area contributed by atoms with Crippen molar-refractivity contribution < 1.29 is 37.4 Å². The van der Waals surface area contributed by atoms with Gasteiger partial charge in [-0.3, -0.25) is 9.59 Å². The Morgan fingerprint density at radius 2 is 1.85 bits per heavy atom. The third-order valence-electron chi connectivity index (χ3n) is 6.38. The van der Waals surface area contributed by atoms with E-state index in [1.165, 1.54) is 11.1 Å². The Kier molecular flexibility index (Phi) is 9.83. The topological polar surface area (TPSA) is 163 Å². The lowest BCUT2D eigenvalue weighted by Crippen LogP contribution is -2.53. The van der Waals surface area contributed by atoms with E-state index in [1.807, 2.05) is 0 Å². The zero-order valence-electron chi connectivity index (χ0n) is 22.4. The van der Waals surface area contributed by atoms with Crippen molar-refractivity contribution in [2.45, 2.75) is 69.9 Å². The molecule has 0 aromatic heterocycles. The van der Waals surface area contributed by atoms with Gasteiger partial charge < -0.3 is 19.6 Å². The van der Waals surface area contributed by atoms with Gasteiger partial charge in [-0.15, -0.1) is 0 Å². The normalized spacial score (nSPS) is 20.8. The van der Waals surface area contributed by atoms with Gasteiger partial charge in [0.15, 0.2) is 0 Å². The molecular weight excluding hydrogens is 528 g/mol. The molecule has 2 aliphatic heterocycles. The van der Waals surface area contributed by atoms with Crippen LogP contribution in [0.25, 0.3) is 0 Å². The summed E-state index contributed by atoms with van der Waals surface area (Å²) in [4.78, 5) is 56.5. The predicted octanol–water partition coefficient (Wildman–Crippen LogP) is 1.79. The highest BCUT2D eigenvalue weighted by molar-refractivity contribution is 7.88. The maximum absolute atomic E-state index is 13.4. The molecule has 1 aromatic rings. The first-order valence-corrected chi connectivity index (χ1v) is 14.5. The number of aliphatic carboxylic acids is 1. The van der Waals surface area contributed by atoms with Crippen molar-refractivity contribution in [3.8, 4) is 0 Å². The fraction of sp³-hybridized carbons (Fsp3) is 0.577. The van der Waals surface area contributed by atoms with Crippen molar-refractivity contribution in [1.29, 1.82) is 0 Å². The number of carbonyl (C=O) groups is 4. The van der Waals surface area contributed by atoms with E-state index in [2.05, 4.69) is 9.71 Å². The summed E-state index contributed by atoms with van der Waals surface area (Å²) in [5.41, 5.74) is -0.185. The number of sulfonamides is 1. The summed E-state index contributed by atoms with van der Waals surface area (Å²) in [6.07, 6.45) is 1.49. The van der Waals surface area contributed by atoms with Gasteiger partial charge in [0.05, 0.1) is 12.2 Å². The van der Waals surface area contributed by atoms with Crippen molar-refractivity contribution in [2.75, 3.05) is 19.6 Å². The number of benzene rings is 1. The van der Waals surface area contributed by atoms with E-state index in [0.717, 1.165) is 4.90 Å². The SMILES string of the molecule is CC(C)(C)OC(=O)N=CC1CCN(C(=O)C[C@@H](NS(=O)(=O)Cc2ccccc2)C(=O)N2CCC[C@H]2C(=O)O)C1. The highest BCUT2D eigenvalue weighted by Gasteiger charge is 2.40. The van der Waals surface area contributed by atoms with Gasteiger partial charge in [-0.2, -0.15) is 4.99 Å². The molecular formula is C26H36N4O8S. The fourth-order valence-corrected chi connectivity index (χ4v) is 5.94. The summed E-state index contributed by atoms with van der Waals surface area (Å²) in [7, 11) is -4.05. The van der Waals surface area contributed by atoms with E-state index in [9.17, 15) is 32.7 Å². The van der Waals surface area contributed by atoms with Crippen LogP contribution >= 0.6 is 0 Å². The second-order valence-corrected chi connectivity index (χ2v) is 12.5. The molecule has 1 aromatic carbocycles. The second kappa shape index (κ2) is 12.7. The minimum absolute atomic E-state index is 0.161. The molecule has 0 bridgehead atoms. The van der Waals surface area contributed by atoms with E-state index in [0.29, 0.717) is 24.9 Å². The molecule has 0 aliphatic carbocycles. The number of carboxylic acid groups (broad SMARTS) is 1. The summed E-state index contributed by atoms with van der Waals surface area (Å²) in [5.74, 6) is -2.99. The van der Waals surface area contributed by atoms with Crippen LogP contribution in [0.15, 0.2) is 35.3 Å². The van der Waals surface area contributed by atoms with Crippen molar-refractivity contribution in [3.63, 3.8) is 0 Å². The first kappa shape index (κ1) is 30.2. The molecule has 2 saturated heterocycles. The average molecular weight is 565 g/mol. The largest absolute Gasteiger partial charge is 0.480 e. The Hall–Kier alpha value is -3.32. The lowest BCUT2D eigenvalue weighted by atomic mass is 10.1. The standard InChI is InChI=1S/C26H36N4O8S/c1-26(2,3)38-25(35)27-15-19-11-13-29(16-19)22(31)14-20(23(32)30-12-7-10-21(30)24(33)34)28-39(36,37)17-18-8-5-4-6-9-18/h4-6,8-9,15,19-21,28H,7,10-14,16-17H2,1-3H3,(H,33,34)/t19?,20-,21+/m1/s1. The monoisotopic (exact) mass is 564 g/mol. The summed E-state index contributed by atoms with van der Waals surface area (Å²) in [6.45, 7) is 5.91. The number of nitrogens with one attached hydrogen (secondary N) is 1. The first-order chi connectivity index (χ1) is 18.2. The maximum atomic E-state index is 13.4. The van der Waals surface area contributed by atoms with E-state index < -0.39 is 63.8 Å². The second-order valence-electron chi connectivity index (χ2n) is 10.8. The number of amides is 3. The third kappa shape index (κ3) is 9.13. The number of aliphatic imine (C=N–C) groups is 1. The lowest BCUT2D eigenvalue weighted by molar-refractivity contribution is -0.149. The first-order valence-electron chi connectivity index (χ1n) is 12.9. The molecule has 2 aliphatic rings. The highest BCUT2D eigenvalue weighted by atomic mass is 32.2. The van der Waals surface area contributed by atoms with Gasteiger partial charge in [-0.05, 0) is 45.6 Å². The molecule has 2 fully saturated rings. The van der Waals surface area contributed by atoms with Gasteiger partial charge in [-0.25, -0.2) is 22.7 Å². The molecule has 0 saturated carbocycles. The van der Waals surface area contributed by atoms with Gasteiger partial charge >= 0.3 is 12.1 Å². The van der Waals surface area contributed by atoms with Crippen LogP contribution in [0.1, 0.15) is 52.0 Å². The molecule has 39 heavy (non-hydrogen) atoms. The van der Waals surface area contributed by atoms with Gasteiger partial charge in [0.2, 0.25) is 21.8 Å². The van der Waals surface area contributed by atoms with Crippen LogP contribution in [0.3, 0.4) is 0 Å². The van der Waals surface area contributed by atoms with E-state index in [4.69, 9.17) is 4.74 Å². The number of carboxylic acids is 1. The Bertz CT molecular complexity index is 1200. The van der Waals surface area contributed by atoms with Crippen molar-refractivity contribution in [1.82, 2.24) is 14.5 Å². The van der Waals surface area contributed by atoms with Crippen LogP contribution in [0, 0.1) is 5.92 Å². The Morgan fingerprint density at radius 1 is 1.15 bits per heavy atom. The number of carbonyl (C=O) groups excluding carboxylic acids is 3. The molecule has 2 heterocycles. The Morgan fingerprint density at radius 3 is 2.49 bits per heavy atom. The molecule has 13 heteroatoms. The van der Waals surface area contributed by atoms with E-state index in [-0.39, 0.29) is 25.4 Å². The van der Waals surface area contributed by atoms with Gasteiger partial charge in [-0.1, -0.05) is 30.3 Å². The average Bonchev–Trinajstić information content (AvgIpc) is 3.51. The van der Waals surface area contributed by atoms with E-state index >= 15 is 0 Å². The lowest BCUT2D eigenvalue weighted by Gasteiger charge is -2.28. The number of hydrogen-bond acceptors (Lipinski definition) is 7. The van der Waals surface area contributed by atoms with E-state index in [1.54, 1.807) is 51.1 Å². The number of ether oxygens (including phenoxy) is 1. The smallest absolute Gasteiger partial charge is 0.433 e. The van der Waals surface area contributed by atoms with Crippen molar-refractivity contribution in [3.05, 3.63) is 35.9 Å². The minimum atomic E-state index is -4.05. The number of likely N-dealkylation sites (tertiary alicyclic amines) is 2. The van der Waals surface area contributed by atoms with Crippen LogP contribution in [0.4, 0.5) is 4.79 Å². The van der Waals surface area contributed by atoms with Crippen LogP contribution in [0.2, 0.25) is 0 Å². The molecule has 3 atom stereocenters. The zero-order chi connectivity index (χ0) is 28.8. The summed E-state index contributed by atoms with van der Waals surface area (Å²) in [6, 6.07) is 5.85. The fourth-order valence-electron chi connectivity index (χ4n) is 4.61. The van der Waals surface area contributed by atoms with Crippen molar-refractivity contribution in [2.24, 2.45) is 10.9 Å². The van der Waals surface area contributed by atoms with Crippen LogP contribution < -0.4 is 4.72 Å². The predicted molar refractivity (Wildman–Crippen MR) is 142 cm³/mol. The number of nitrogens with zero attached hydrogens (tertiary/aromatic N) is 3. The molecule has 2 N–H and O–H groups in total. The highest BCUT2D eigenvalue weighted by Crippen LogP contribution is 2.22. The molecule has 1 unspecified atom stereocenters. The van der Waals surface area contributed by atoms with Crippen LogP contribution in [0.5, 0.6) is 0 Å². The summed E-state index contributed by atoms with van der Waals surface area (Å²) in [5, 5.41) is 9.52. The molecule has 214 valence electrons. The molecule has 3 amide bonds. The molecule has 3 rings (SSSR count). The summed E-state index contributed by atoms with van der Waals surface area (Å²) < 4.78 is 33.4. The minimum Gasteiger partial charge on any atom is -0.480 e.